The molecule has 0 radical (unpaired) electrons. The van der Waals surface area contributed by atoms with E-state index in [9.17, 15) is 9.18 Å². The van der Waals surface area contributed by atoms with Crippen LogP contribution in [0.3, 0.4) is 0 Å². The monoisotopic (exact) mass is 291 g/mol. The molecular weight excluding hydrogens is 273 g/mol. The number of hydrogen-bond acceptors (Lipinski definition) is 3. The van der Waals surface area contributed by atoms with Gasteiger partial charge in [0.15, 0.2) is 0 Å². The number of halogens is 1. The van der Waals surface area contributed by atoms with Crippen molar-refractivity contribution in [2.75, 3.05) is 26.9 Å². The van der Waals surface area contributed by atoms with Gasteiger partial charge in [-0.2, -0.15) is 0 Å². The molecule has 4 nitrogen and oxygen atoms in total. The number of benzene rings is 1. The lowest BCUT2D eigenvalue weighted by atomic mass is 10.1. The van der Waals surface area contributed by atoms with Gasteiger partial charge < -0.3 is 14.7 Å². The number of carbonyl (C=O) groups is 1. The van der Waals surface area contributed by atoms with Crippen molar-refractivity contribution in [3.63, 3.8) is 0 Å². The molecule has 1 aromatic rings. The highest BCUT2D eigenvalue weighted by Gasteiger charge is 2.32. The third-order valence-corrected chi connectivity index (χ3v) is 3.30. The van der Waals surface area contributed by atoms with Crippen molar-refractivity contribution in [3.05, 3.63) is 35.1 Å². The highest BCUT2D eigenvalue weighted by atomic mass is 19.1. The van der Waals surface area contributed by atoms with Crippen molar-refractivity contribution < 1.29 is 19.0 Å². The number of carbonyl (C=O) groups excluding carboxylic acids is 1. The fourth-order valence-electron chi connectivity index (χ4n) is 2.08. The molecule has 1 aliphatic carbocycles. The van der Waals surface area contributed by atoms with Crippen LogP contribution >= 0.6 is 0 Å². The Morgan fingerprint density at radius 2 is 2.29 bits per heavy atom. The molecule has 0 spiro atoms. The number of rotatable bonds is 5. The summed E-state index contributed by atoms with van der Waals surface area (Å²) in [7, 11) is 1.59. The maximum absolute atomic E-state index is 13.9. The first kappa shape index (κ1) is 15.5. The standard InChI is InChI=1S/C16H18FNO3/c1-21-10-8-18(14-6-7-14)16(20)13-5-4-12(3-2-9-19)15(17)11-13/h4-5,11,14,19H,6-10H2,1H3. The van der Waals surface area contributed by atoms with Gasteiger partial charge in [-0.05, 0) is 31.0 Å². The van der Waals surface area contributed by atoms with Gasteiger partial charge in [0.1, 0.15) is 12.4 Å². The second-order valence-electron chi connectivity index (χ2n) is 4.88. The minimum atomic E-state index is -0.552. The van der Waals surface area contributed by atoms with Crippen molar-refractivity contribution in [1.29, 1.82) is 0 Å². The second kappa shape index (κ2) is 7.21. The van der Waals surface area contributed by atoms with Gasteiger partial charge in [0.25, 0.3) is 5.91 Å². The van der Waals surface area contributed by atoms with Gasteiger partial charge >= 0.3 is 0 Å². The fourth-order valence-corrected chi connectivity index (χ4v) is 2.08. The van der Waals surface area contributed by atoms with Crippen LogP contribution in [0, 0.1) is 17.7 Å². The van der Waals surface area contributed by atoms with Crippen LogP contribution in [0.25, 0.3) is 0 Å². The largest absolute Gasteiger partial charge is 0.384 e. The van der Waals surface area contributed by atoms with Gasteiger partial charge in [-0.3, -0.25) is 4.79 Å². The molecule has 1 aromatic carbocycles. The molecular formula is C16H18FNO3. The zero-order valence-electron chi connectivity index (χ0n) is 11.9. The number of methoxy groups -OCH3 is 1. The van der Waals surface area contributed by atoms with E-state index in [1.54, 1.807) is 18.1 Å². The highest BCUT2D eigenvalue weighted by Crippen LogP contribution is 2.28. The minimum absolute atomic E-state index is 0.176. The number of amides is 1. The summed E-state index contributed by atoms with van der Waals surface area (Å²) in [4.78, 5) is 14.2. The van der Waals surface area contributed by atoms with Crippen molar-refractivity contribution in [2.24, 2.45) is 0 Å². The molecule has 1 amide bonds. The fraction of sp³-hybridized carbons (Fsp3) is 0.438. The third-order valence-electron chi connectivity index (χ3n) is 3.30. The van der Waals surface area contributed by atoms with Crippen molar-refractivity contribution in [2.45, 2.75) is 18.9 Å². The first-order valence-corrected chi connectivity index (χ1v) is 6.86. The Morgan fingerprint density at radius 3 is 2.86 bits per heavy atom. The first-order valence-electron chi connectivity index (χ1n) is 6.86. The lowest BCUT2D eigenvalue weighted by Gasteiger charge is -2.22. The Bertz CT molecular complexity index is 573. The van der Waals surface area contributed by atoms with Gasteiger partial charge in [0, 0.05) is 25.3 Å². The summed E-state index contributed by atoms with van der Waals surface area (Å²) in [6.07, 6.45) is 1.97. The normalized spacial score (nSPS) is 13.5. The van der Waals surface area contributed by atoms with E-state index in [0.29, 0.717) is 18.7 Å². The quantitative estimate of drug-likeness (QED) is 0.835. The van der Waals surface area contributed by atoms with Crippen LogP contribution in [0.5, 0.6) is 0 Å². The van der Waals surface area contributed by atoms with Gasteiger partial charge in [0.05, 0.1) is 12.2 Å². The molecule has 0 unspecified atom stereocenters. The first-order chi connectivity index (χ1) is 10.2. The second-order valence-corrected chi connectivity index (χ2v) is 4.88. The van der Waals surface area contributed by atoms with E-state index >= 15 is 0 Å². The van der Waals surface area contributed by atoms with Gasteiger partial charge in [-0.15, -0.1) is 0 Å². The molecule has 0 saturated heterocycles. The number of ether oxygens (including phenoxy) is 1. The Morgan fingerprint density at radius 1 is 1.52 bits per heavy atom. The molecule has 112 valence electrons. The molecule has 1 aliphatic rings. The summed E-state index contributed by atoms with van der Waals surface area (Å²) >= 11 is 0. The molecule has 0 atom stereocenters. The smallest absolute Gasteiger partial charge is 0.254 e. The lowest BCUT2D eigenvalue weighted by Crippen LogP contribution is -2.35. The summed E-state index contributed by atoms with van der Waals surface area (Å²) in [6, 6.07) is 4.47. The predicted octanol–water partition coefficient (Wildman–Crippen LogP) is 1.42. The summed E-state index contributed by atoms with van der Waals surface area (Å²) in [6.45, 7) is 0.644. The Balaban J connectivity index is 2.16. The zero-order chi connectivity index (χ0) is 15.2. The lowest BCUT2D eigenvalue weighted by molar-refractivity contribution is 0.0679. The van der Waals surface area contributed by atoms with Crippen LogP contribution in [0.2, 0.25) is 0 Å². The minimum Gasteiger partial charge on any atom is -0.384 e. The molecule has 1 saturated carbocycles. The number of hydrogen-bond donors (Lipinski definition) is 1. The van der Waals surface area contributed by atoms with Crippen molar-refractivity contribution in [1.82, 2.24) is 4.90 Å². The molecule has 21 heavy (non-hydrogen) atoms. The molecule has 0 aromatic heterocycles. The Kier molecular flexibility index (Phi) is 5.32. The van der Waals surface area contributed by atoms with E-state index in [1.807, 2.05) is 0 Å². The predicted molar refractivity (Wildman–Crippen MR) is 76.3 cm³/mol. The van der Waals surface area contributed by atoms with Crippen LogP contribution in [0.15, 0.2) is 18.2 Å². The van der Waals surface area contributed by atoms with E-state index < -0.39 is 5.82 Å². The summed E-state index contributed by atoms with van der Waals surface area (Å²) < 4.78 is 18.9. The van der Waals surface area contributed by atoms with Crippen LogP contribution in [0.4, 0.5) is 4.39 Å². The summed E-state index contributed by atoms with van der Waals surface area (Å²) in [5.41, 5.74) is 0.487. The molecule has 5 heteroatoms. The van der Waals surface area contributed by atoms with Gasteiger partial charge in [0.2, 0.25) is 0 Å². The van der Waals surface area contributed by atoms with Crippen LogP contribution in [0.1, 0.15) is 28.8 Å². The number of aliphatic hydroxyl groups is 1. The number of aliphatic hydroxyl groups excluding tert-OH is 1. The molecule has 1 N–H and O–H groups in total. The van der Waals surface area contributed by atoms with Gasteiger partial charge in [-0.1, -0.05) is 11.8 Å². The SMILES string of the molecule is COCCN(C(=O)c1ccc(C#CCO)c(F)c1)C1CC1. The van der Waals surface area contributed by atoms with Crippen LogP contribution in [-0.4, -0.2) is 48.8 Å². The molecule has 0 bridgehead atoms. The average Bonchev–Trinajstić information content (AvgIpc) is 3.31. The van der Waals surface area contributed by atoms with E-state index in [2.05, 4.69) is 11.8 Å². The van der Waals surface area contributed by atoms with Crippen molar-refractivity contribution in [3.8, 4) is 11.8 Å². The number of nitrogens with zero attached hydrogens (tertiary/aromatic N) is 1. The molecule has 0 aliphatic heterocycles. The molecule has 2 rings (SSSR count). The maximum atomic E-state index is 13.9. The van der Waals surface area contributed by atoms with Crippen LogP contribution < -0.4 is 0 Å². The Labute approximate surface area is 123 Å². The van der Waals surface area contributed by atoms with E-state index in [1.165, 1.54) is 12.1 Å². The third kappa shape index (κ3) is 4.03. The topological polar surface area (TPSA) is 49.8 Å². The van der Waals surface area contributed by atoms with E-state index in [0.717, 1.165) is 12.8 Å². The van der Waals surface area contributed by atoms with Crippen LogP contribution in [-0.2, 0) is 4.74 Å². The van der Waals surface area contributed by atoms with Gasteiger partial charge in [-0.25, -0.2) is 4.39 Å². The average molecular weight is 291 g/mol. The van der Waals surface area contributed by atoms with E-state index in [4.69, 9.17) is 9.84 Å². The highest BCUT2D eigenvalue weighted by molar-refractivity contribution is 5.94. The summed E-state index contributed by atoms with van der Waals surface area (Å²) in [5.74, 6) is 4.16. The molecule has 1 fully saturated rings. The zero-order valence-corrected chi connectivity index (χ0v) is 11.9. The van der Waals surface area contributed by atoms with Crippen molar-refractivity contribution >= 4 is 5.91 Å². The van der Waals surface area contributed by atoms with E-state index in [-0.39, 0.29) is 24.1 Å². The summed E-state index contributed by atoms with van der Waals surface area (Å²) in [5, 5.41) is 8.62. The molecule has 0 heterocycles. The maximum Gasteiger partial charge on any atom is 0.254 e. The Hall–Kier alpha value is -1.90.